The number of aryl methyl sites for hydroxylation is 1. The first kappa shape index (κ1) is 8.29. The van der Waals surface area contributed by atoms with Crippen molar-refractivity contribution < 1.29 is 0 Å². The summed E-state index contributed by atoms with van der Waals surface area (Å²) in [4.78, 5) is 3.89. The molecule has 0 saturated heterocycles. The van der Waals surface area contributed by atoms with Gasteiger partial charge in [-0.2, -0.15) is 10.5 Å². The van der Waals surface area contributed by atoms with Crippen molar-refractivity contribution in [3.8, 4) is 12.1 Å². The predicted molar refractivity (Wildman–Crippen MR) is 41.6 cm³/mol. The van der Waals surface area contributed by atoms with E-state index >= 15 is 0 Å². The van der Waals surface area contributed by atoms with Gasteiger partial charge in [-0.15, -0.1) is 0 Å². The van der Waals surface area contributed by atoms with E-state index in [0.29, 0.717) is 6.42 Å². The molecule has 12 heavy (non-hydrogen) atoms. The second-order valence-electron chi connectivity index (χ2n) is 2.51. The second-order valence-corrected chi connectivity index (χ2v) is 2.51. The standard InChI is InChI=1S/C8H8N4/c1-12-6-11-5-8(12)2-7(3-9)4-10/h5-7H,2H2,1H3. The highest BCUT2D eigenvalue weighted by atomic mass is 15.0. The average molecular weight is 160 g/mol. The molecule has 4 heteroatoms. The van der Waals surface area contributed by atoms with Gasteiger partial charge in [-0.25, -0.2) is 4.98 Å². The Bertz CT molecular complexity index is 325. The normalized spacial score (nSPS) is 9.33. The fraction of sp³-hybridized carbons (Fsp3) is 0.375. The van der Waals surface area contributed by atoms with Crippen LogP contribution in [0.4, 0.5) is 0 Å². The van der Waals surface area contributed by atoms with Crippen LogP contribution in [0.15, 0.2) is 12.5 Å². The van der Waals surface area contributed by atoms with Crippen molar-refractivity contribution in [3.63, 3.8) is 0 Å². The molecule has 0 aromatic carbocycles. The quantitative estimate of drug-likeness (QED) is 0.637. The number of hydrogen-bond acceptors (Lipinski definition) is 3. The van der Waals surface area contributed by atoms with Gasteiger partial charge in [0.05, 0.1) is 18.5 Å². The zero-order chi connectivity index (χ0) is 8.97. The maximum absolute atomic E-state index is 8.51. The Kier molecular flexibility index (Phi) is 2.45. The van der Waals surface area contributed by atoms with Crippen LogP contribution in [0.25, 0.3) is 0 Å². The van der Waals surface area contributed by atoms with Crippen LogP contribution in [0.5, 0.6) is 0 Å². The topological polar surface area (TPSA) is 65.4 Å². The number of hydrogen-bond donors (Lipinski definition) is 0. The number of rotatable bonds is 2. The summed E-state index contributed by atoms with van der Waals surface area (Å²) < 4.78 is 1.81. The van der Waals surface area contributed by atoms with Crippen LogP contribution in [-0.4, -0.2) is 9.55 Å². The van der Waals surface area contributed by atoms with Gasteiger partial charge in [0.1, 0.15) is 5.92 Å². The van der Waals surface area contributed by atoms with E-state index in [-0.39, 0.29) is 0 Å². The maximum atomic E-state index is 8.51. The lowest BCUT2D eigenvalue weighted by molar-refractivity contribution is 0.745. The monoisotopic (exact) mass is 160 g/mol. The number of nitriles is 2. The molecular weight excluding hydrogens is 152 g/mol. The predicted octanol–water partition coefficient (Wildman–Crippen LogP) is 0.626. The summed E-state index contributed by atoms with van der Waals surface area (Å²) in [5.41, 5.74) is 0.906. The van der Waals surface area contributed by atoms with Crippen LogP contribution < -0.4 is 0 Å². The molecule has 0 aliphatic carbocycles. The zero-order valence-electron chi connectivity index (χ0n) is 6.73. The molecule has 0 saturated carbocycles. The Labute approximate surface area is 70.7 Å². The molecule has 4 nitrogen and oxygen atoms in total. The lowest BCUT2D eigenvalue weighted by Crippen LogP contribution is -2.02. The first-order valence-electron chi connectivity index (χ1n) is 3.52. The van der Waals surface area contributed by atoms with Gasteiger partial charge < -0.3 is 4.57 Å². The Morgan fingerprint density at radius 1 is 1.58 bits per heavy atom. The van der Waals surface area contributed by atoms with Gasteiger partial charge in [-0.05, 0) is 0 Å². The number of imidazole rings is 1. The van der Waals surface area contributed by atoms with E-state index in [0.717, 1.165) is 5.69 Å². The van der Waals surface area contributed by atoms with Crippen LogP contribution in [0.1, 0.15) is 5.69 Å². The largest absolute Gasteiger partial charge is 0.338 e. The van der Waals surface area contributed by atoms with Crippen LogP contribution in [-0.2, 0) is 13.5 Å². The molecule has 1 aromatic heterocycles. The summed E-state index contributed by atoms with van der Waals surface area (Å²) in [6.45, 7) is 0. The number of nitrogens with zero attached hydrogens (tertiary/aromatic N) is 4. The minimum Gasteiger partial charge on any atom is -0.338 e. The minimum atomic E-state index is -0.569. The molecule has 0 amide bonds. The number of aromatic nitrogens is 2. The van der Waals surface area contributed by atoms with Crippen LogP contribution >= 0.6 is 0 Å². The fourth-order valence-corrected chi connectivity index (χ4v) is 0.911. The van der Waals surface area contributed by atoms with Gasteiger partial charge in [0, 0.05) is 25.4 Å². The molecule has 1 rings (SSSR count). The van der Waals surface area contributed by atoms with Gasteiger partial charge in [-0.3, -0.25) is 0 Å². The van der Waals surface area contributed by atoms with E-state index in [1.54, 1.807) is 12.5 Å². The molecule has 0 bridgehead atoms. The summed E-state index contributed by atoms with van der Waals surface area (Å²) >= 11 is 0. The Morgan fingerprint density at radius 3 is 2.67 bits per heavy atom. The lowest BCUT2D eigenvalue weighted by atomic mass is 10.1. The smallest absolute Gasteiger partial charge is 0.138 e. The highest BCUT2D eigenvalue weighted by molar-refractivity contribution is 5.09. The molecule has 0 unspecified atom stereocenters. The van der Waals surface area contributed by atoms with Crippen LogP contribution in [0.3, 0.4) is 0 Å². The van der Waals surface area contributed by atoms with E-state index in [1.807, 2.05) is 23.8 Å². The molecule has 0 spiro atoms. The van der Waals surface area contributed by atoms with E-state index in [9.17, 15) is 0 Å². The third kappa shape index (κ3) is 1.62. The molecule has 1 heterocycles. The molecular formula is C8H8N4. The summed E-state index contributed by atoms with van der Waals surface area (Å²) in [5.74, 6) is -0.569. The molecule has 1 aromatic rings. The summed E-state index contributed by atoms with van der Waals surface area (Å²) in [7, 11) is 1.84. The van der Waals surface area contributed by atoms with E-state index < -0.39 is 5.92 Å². The van der Waals surface area contributed by atoms with Crippen molar-refractivity contribution in [3.05, 3.63) is 18.2 Å². The van der Waals surface area contributed by atoms with Crippen LogP contribution in [0, 0.1) is 28.6 Å². The van der Waals surface area contributed by atoms with Gasteiger partial charge >= 0.3 is 0 Å². The Morgan fingerprint density at radius 2 is 2.25 bits per heavy atom. The molecule has 0 aliphatic heterocycles. The lowest BCUT2D eigenvalue weighted by Gasteiger charge is -2.00. The van der Waals surface area contributed by atoms with Crippen molar-refractivity contribution in [1.29, 1.82) is 10.5 Å². The summed E-state index contributed by atoms with van der Waals surface area (Å²) in [6, 6.07) is 3.83. The first-order chi connectivity index (χ1) is 5.77. The zero-order valence-corrected chi connectivity index (χ0v) is 6.73. The minimum absolute atomic E-state index is 0.448. The fourth-order valence-electron chi connectivity index (χ4n) is 0.911. The van der Waals surface area contributed by atoms with Gasteiger partial charge in [0.15, 0.2) is 0 Å². The van der Waals surface area contributed by atoms with Gasteiger partial charge in [0.25, 0.3) is 0 Å². The third-order valence-electron chi connectivity index (χ3n) is 1.64. The van der Waals surface area contributed by atoms with Gasteiger partial charge in [-0.1, -0.05) is 0 Å². The van der Waals surface area contributed by atoms with Gasteiger partial charge in [0.2, 0.25) is 0 Å². The van der Waals surface area contributed by atoms with Crippen molar-refractivity contribution in [2.75, 3.05) is 0 Å². The van der Waals surface area contributed by atoms with E-state index in [4.69, 9.17) is 10.5 Å². The Balaban J connectivity index is 2.72. The van der Waals surface area contributed by atoms with E-state index in [2.05, 4.69) is 4.98 Å². The highest BCUT2D eigenvalue weighted by Crippen LogP contribution is 2.05. The molecule has 0 atom stereocenters. The van der Waals surface area contributed by atoms with Crippen molar-refractivity contribution in [2.45, 2.75) is 6.42 Å². The SMILES string of the molecule is Cn1cncc1CC(C#N)C#N. The molecule has 0 aliphatic rings. The summed E-state index contributed by atoms with van der Waals surface area (Å²) in [6.07, 6.45) is 3.77. The van der Waals surface area contributed by atoms with Crippen LogP contribution in [0.2, 0.25) is 0 Å². The highest BCUT2D eigenvalue weighted by Gasteiger charge is 2.08. The van der Waals surface area contributed by atoms with Crippen molar-refractivity contribution in [2.24, 2.45) is 13.0 Å². The Hall–Kier alpha value is -1.81. The van der Waals surface area contributed by atoms with Crippen molar-refractivity contribution >= 4 is 0 Å². The summed E-state index contributed by atoms with van der Waals surface area (Å²) in [5, 5.41) is 17.0. The van der Waals surface area contributed by atoms with E-state index in [1.165, 1.54) is 0 Å². The molecule has 60 valence electrons. The maximum Gasteiger partial charge on any atom is 0.138 e. The molecule has 0 N–H and O–H groups in total. The average Bonchev–Trinajstić information content (AvgIpc) is 2.47. The second kappa shape index (κ2) is 3.54. The third-order valence-corrected chi connectivity index (χ3v) is 1.64. The molecule has 0 radical (unpaired) electrons. The van der Waals surface area contributed by atoms with Crippen molar-refractivity contribution in [1.82, 2.24) is 9.55 Å². The molecule has 0 fully saturated rings. The first-order valence-corrected chi connectivity index (χ1v) is 3.52.